The Morgan fingerprint density at radius 1 is 1.35 bits per heavy atom. The van der Waals surface area contributed by atoms with Crippen LogP contribution in [0.25, 0.3) is 0 Å². The van der Waals surface area contributed by atoms with Gasteiger partial charge in [0.1, 0.15) is 11.4 Å². The van der Waals surface area contributed by atoms with Crippen molar-refractivity contribution in [3.63, 3.8) is 0 Å². The van der Waals surface area contributed by atoms with E-state index >= 15 is 0 Å². The highest BCUT2D eigenvalue weighted by atomic mass is 16.2. The van der Waals surface area contributed by atoms with Gasteiger partial charge in [0.25, 0.3) is 11.5 Å². The Morgan fingerprint density at radius 3 is 2.82 bits per heavy atom. The van der Waals surface area contributed by atoms with E-state index < -0.39 is 5.91 Å². The minimum Gasteiger partial charge on any atom is -0.327 e. The fourth-order valence-electron chi connectivity index (χ4n) is 1.35. The van der Waals surface area contributed by atoms with Crippen LogP contribution in [-0.4, -0.2) is 22.5 Å². The number of aromatic nitrogens is 1. The van der Waals surface area contributed by atoms with Crippen LogP contribution in [0.1, 0.15) is 12.8 Å². The average Bonchev–Trinajstić information content (AvgIpc) is 2.33. The smallest absolute Gasteiger partial charge is 0.272 e. The molecular formula is C10H10N4O3. The first-order valence-corrected chi connectivity index (χ1v) is 5.01. The molecule has 0 radical (unpaired) electrons. The van der Waals surface area contributed by atoms with Crippen LogP contribution in [0.4, 0.5) is 5.69 Å². The van der Waals surface area contributed by atoms with Crippen LogP contribution < -0.4 is 16.3 Å². The summed E-state index contributed by atoms with van der Waals surface area (Å²) in [5.41, 5.74) is 2.18. The lowest BCUT2D eigenvalue weighted by Crippen LogP contribution is -2.33. The molecule has 17 heavy (non-hydrogen) atoms. The van der Waals surface area contributed by atoms with E-state index in [1.54, 1.807) is 6.07 Å². The third-order valence-electron chi connectivity index (χ3n) is 2.23. The van der Waals surface area contributed by atoms with Crippen LogP contribution in [0.15, 0.2) is 28.2 Å². The Hall–Kier alpha value is -2.44. The molecule has 1 aliphatic heterocycles. The minimum atomic E-state index is -0.485. The molecule has 0 aromatic carbocycles. The van der Waals surface area contributed by atoms with Gasteiger partial charge in [-0.05, 0) is 12.1 Å². The predicted octanol–water partition coefficient (Wildman–Crippen LogP) is -0.421. The average molecular weight is 234 g/mol. The zero-order chi connectivity index (χ0) is 12.3. The van der Waals surface area contributed by atoms with Gasteiger partial charge in [0.2, 0.25) is 5.91 Å². The van der Waals surface area contributed by atoms with Gasteiger partial charge < -0.3 is 10.3 Å². The van der Waals surface area contributed by atoms with Gasteiger partial charge in [-0.1, -0.05) is 0 Å². The number of rotatable bonds is 2. The largest absolute Gasteiger partial charge is 0.327 e. The van der Waals surface area contributed by atoms with Crippen LogP contribution in [0.3, 0.4) is 0 Å². The summed E-state index contributed by atoms with van der Waals surface area (Å²) in [4.78, 5) is 36.3. The van der Waals surface area contributed by atoms with Crippen LogP contribution in [0, 0.1) is 0 Å². The first-order chi connectivity index (χ1) is 8.16. The number of pyridine rings is 1. The number of amides is 2. The third kappa shape index (κ3) is 2.57. The van der Waals surface area contributed by atoms with E-state index in [4.69, 9.17) is 0 Å². The van der Waals surface area contributed by atoms with Gasteiger partial charge in [0, 0.05) is 19.0 Å². The highest BCUT2D eigenvalue weighted by Crippen LogP contribution is 2.03. The molecule has 1 aliphatic rings. The molecule has 0 spiro atoms. The van der Waals surface area contributed by atoms with Gasteiger partial charge in [-0.15, -0.1) is 0 Å². The molecule has 1 aromatic heterocycles. The molecule has 88 valence electrons. The van der Waals surface area contributed by atoms with Gasteiger partial charge in [0.05, 0.1) is 0 Å². The quantitative estimate of drug-likeness (QED) is 0.647. The monoisotopic (exact) mass is 234 g/mol. The van der Waals surface area contributed by atoms with Crippen molar-refractivity contribution < 1.29 is 9.59 Å². The van der Waals surface area contributed by atoms with Crippen molar-refractivity contribution in [3.05, 3.63) is 28.7 Å². The lowest BCUT2D eigenvalue weighted by Gasteiger charge is -2.11. The van der Waals surface area contributed by atoms with Crippen molar-refractivity contribution in [3.8, 4) is 0 Å². The lowest BCUT2D eigenvalue weighted by molar-refractivity contribution is -0.121. The number of carbonyl (C=O) groups excluding carboxylic acids is 2. The normalized spacial score (nSPS) is 14.8. The number of carbonyl (C=O) groups is 2. The van der Waals surface area contributed by atoms with Crippen LogP contribution >= 0.6 is 0 Å². The van der Waals surface area contributed by atoms with Crippen LogP contribution in [0.2, 0.25) is 0 Å². The Morgan fingerprint density at radius 2 is 2.18 bits per heavy atom. The van der Waals surface area contributed by atoms with Crippen LogP contribution in [-0.2, 0) is 9.59 Å². The second-order valence-electron chi connectivity index (χ2n) is 3.46. The lowest BCUT2D eigenvalue weighted by atomic mass is 10.1. The summed E-state index contributed by atoms with van der Waals surface area (Å²) in [6.07, 6.45) is 1.95. The molecule has 0 saturated heterocycles. The molecule has 0 aliphatic carbocycles. The second-order valence-corrected chi connectivity index (χ2v) is 3.46. The molecular weight excluding hydrogens is 224 g/mol. The fraction of sp³-hybridized carbons (Fsp3) is 0.200. The molecule has 0 fully saturated rings. The number of anilines is 1. The zero-order valence-electron chi connectivity index (χ0n) is 8.82. The number of nitrogens with one attached hydrogen (secondary N) is 3. The molecule has 0 unspecified atom stereocenters. The van der Waals surface area contributed by atoms with Crippen LogP contribution in [0.5, 0.6) is 0 Å². The molecule has 7 nitrogen and oxygen atoms in total. The number of hydrogen-bond acceptors (Lipinski definition) is 4. The van der Waals surface area contributed by atoms with Crippen molar-refractivity contribution in [2.75, 3.05) is 5.32 Å². The third-order valence-corrected chi connectivity index (χ3v) is 2.23. The first-order valence-electron chi connectivity index (χ1n) is 5.01. The van der Waals surface area contributed by atoms with E-state index in [0.29, 0.717) is 0 Å². The molecule has 3 N–H and O–H groups in total. The maximum absolute atomic E-state index is 11.7. The van der Waals surface area contributed by atoms with Gasteiger partial charge in [-0.25, -0.2) is 5.43 Å². The molecule has 0 atom stereocenters. The summed E-state index contributed by atoms with van der Waals surface area (Å²) in [5.74, 6) is -0.708. The standard InChI is InChI=1S/C10H10N4O3/c15-8-4-3-7(13-14-8)10(17)12-6-2-1-5-11-9(6)16/h1-2,5H,3-4H2,(H,11,16)(H,12,17)(H,14,15). The number of H-pyrrole nitrogens is 1. The summed E-state index contributed by atoms with van der Waals surface area (Å²) in [5, 5.41) is 6.06. The van der Waals surface area contributed by atoms with Crippen molar-refractivity contribution in [2.45, 2.75) is 12.8 Å². The topological polar surface area (TPSA) is 103 Å². The maximum atomic E-state index is 11.7. The predicted molar refractivity (Wildman–Crippen MR) is 60.5 cm³/mol. The molecule has 7 heteroatoms. The Labute approximate surface area is 95.9 Å². The summed E-state index contributed by atoms with van der Waals surface area (Å²) >= 11 is 0. The van der Waals surface area contributed by atoms with E-state index in [0.717, 1.165) is 0 Å². The van der Waals surface area contributed by atoms with Crippen molar-refractivity contribution in [1.82, 2.24) is 10.4 Å². The van der Waals surface area contributed by atoms with Gasteiger partial charge >= 0.3 is 0 Å². The maximum Gasteiger partial charge on any atom is 0.272 e. The molecule has 2 amide bonds. The highest BCUT2D eigenvalue weighted by molar-refractivity contribution is 6.43. The minimum absolute atomic E-state index is 0.150. The number of aromatic amines is 1. The summed E-state index contributed by atoms with van der Waals surface area (Å²) in [6.45, 7) is 0. The van der Waals surface area contributed by atoms with E-state index in [1.807, 2.05) is 0 Å². The molecule has 0 saturated carbocycles. The van der Waals surface area contributed by atoms with E-state index in [1.165, 1.54) is 12.3 Å². The molecule has 0 bridgehead atoms. The SMILES string of the molecule is O=C1CCC(C(=O)Nc2ccc[nH]c2=O)=NN1. The van der Waals surface area contributed by atoms with E-state index in [9.17, 15) is 14.4 Å². The van der Waals surface area contributed by atoms with Crippen molar-refractivity contribution in [2.24, 2.45) is 5.10 Å². The Balaban J connectivity index is 2.10. The fourth-order valence-corrected chi connectivity index (χ4v) is 1.35. The Kier molecular flexibility index (Phi) is 2.99. The first kappa shape index (κ1) is 11.1. The van der Waals surface area contributed by atoms with Gasteiger partial charge in [-0.2, -0.15) is 5.10 Å². The van der Waals surface area contributed by atoms with Crippen molar-refractivity contribution in [1.29, 1.82) is 0 Å². The summed E-state index contributed by atoms with van der Waals surface area (Å²) in [7, 11) is 0. The molecule has 1 aromatic rings. The van der Waals surface area contributed by atoms with Gasteiger partial charge in [0.15, 0.2) is 0 Å². The summed E-state index contributed by atoms with van der Waals surface area (Å²) in [6, 6.07) is 3.08. The second kappa shape index (κ2) is 4.60. The number of nitrogens with zero attached hydrogens (tertiary/aromatic N) is 1. The highest BCUT2D eigenvalue weighted by Gasteiger charge is 2.18. The zero-order valence-corrected chi connectivity index (χ0v) is 8.82. The van der Waals surface area contributed by atoms with Crippen molar-refractivity contribution >= 4 is 23.2 Å². The molecule has 2 heterocycles. The van der Waals surface area contributed by atoms with E-state index in [-0.39, 0.29) is 35.7 Å². The Bertz CT molecular complexity index is 546. The number of hydrogen-bond donors (Lipinski definition) is 3. The van der Waals surface area contributed by atoms with Gasteiger partial charge in [-0.3, -0.25) is 14.4 Å². The summed E-state index contributed by atoms with van der Waals surface area (Å²) < 4.78 is 0. The molecule has 2 rings (SSSR count). The number of hydrazone groups is 1. The van der Waals surface area contributed by atoms with E-state index in [2.05, 4.69) is 20.8 Å².